The molecule has 0 saturated carbocycles. The minimum absolute atomic E-state index is 0.263. The minimum atomic E-state index is -0.263. The first-order valence-electron chi connectivity index (χ1n) is 7.49. The first-order valence-corrected chi connectivity index (χ1v) is 8.25. The van der Waals surface area contributed by atoms with Crippen molar-refractivity contribution in [2.45, 2.75) is 6.92 Å². The van der Waals surface area contributed by atoms with Gasteiger partial charge in [-0.2, -0.15) is 0 Å². The standard InChI is InChI=1S/C19H15Cl2NO3/c1-11-15(19(23)22-13-4-3-5-14(9-13)24-2)10-18(25-11)12-6-7-16(20)17(21)8-12/h3-10H,1-2H3,(H,22,23). The Morgan fingerprint density at radius 3 is 2.60 bits per heavy atom. The van der Waals surface area contributed by atoms with Crippen molar-refractivity contribution in [1.82, 2.24) is 0 Å². The van der Waals surface area contributed by atoms with Gasteiger partial charge in [-0.25, -0.2) is 0 Å². The number of anilines is 1. The van der Waals surface area contributed by atoms with Crippen LogP contribution in [0.5, 0.6) is 5.75 Å². The van der Waals surface area contributed by atoms with Crippen molar-refractivity contribution >= 4 is 34.8 Å². The number of hydrogen-bond donors (Lipinski definition) is 1. The third kappa shape index (κ3) is 3.81. The summed E-state index contributed by atoms with van der Waals surface area (Å²) in [4.78, 5) is 12.5. The maximum absolute atomic E-state index is 12.5. The van der Waals surface area contributed by atoms with Gasteiger partial charge in [-0.05, 0) is 43.3 Å². The van der Waals surface area contributed by atoms with Gasteiger partial charge in [-0.15, -0.1) is 0 Å². The molecule has 3 aromatic rings. The van der Waals surface area contributed by atoms with Crippen LogP contribution >= 0.6 is 23.2 Å². The molecule has 0 saturated heterocycles. The number of benzene rings is 2. The van der Waals surface area contributed by atoms with E-state index in [1.54, 1.807) is 62.6 Å². The van der Waals surface area contributed by atoms with Gasteiger partial charge in [0.15, 0.2) is 0 Å². The minimum Gasteiger partial charge on any atom is -0.497 e. The molecule has 0 spiro atoms. The number of nitrogens with one attached hydrogen (secondary N) is 1. The van der Waals surface area contributed by atoms with Gasteiger partial charge in [0.1, 0.15) is 17.3 Å². The summed E-state index contributed by atoms with van der Waals surface area (Å²) in [5.74, 6) is 1.47. The maximum atomic E-state index is 12.5. The highest BCUT2D eigenvalue weighted by Gasteiger charge is 2.17. The normalized spacial score (nSPS) is 10.6. The lowest BCUT2D eigenvalue weighted by atomic mass is 10.1. The zero-order chi connectivity index (χ0) is 18.0. The molecule has 1 heterocycles. The molecule has 3 rings (SSSR count). The van der Waals surface area contributed by atoms with E-state index < -0.39 is 0 Å². The molecule has 6 heteroatoms. The summed E-state index contributed by atoms with van der Waals surface area (Å²) in [6.07, 6.45) is 0. The zero-order valence-corrected chi connectivity index (χ0v) is 15.1. The molecule has 0 aliphatic carbocycles. The number of hydrogen-bond acceptors (Lipinski definition) is 3. The molecule has 4 nitrogen and oxygen atoms in total. The van der Waals surface area contributed by atoms with Crippen molar-refractivity contribution in [3.05, 3.63) is 69.9 Å². The van der Waals surface area contributed by atoms with E-state index in [0.717, 1.165) is 5.56 Å². The molecule has 1 aromatic heterocycles. The first kappa shape index (κ1) is 17.4. The smallest absolute Gasteiger partial charge is 0.259 e. The summed E-state index contributed by atoms with van der Waals surface area (Å²) < 4.78 is 10.9. The summed E-state index contributed by atoms with van der Waals surface area (Å²) in [5.41, 5.74) is 1.84. The fourth-order valence-electron chi connectivity index (χ4n) is 2.40. The van der Waals surface area contributed by atoms with Crippen LogP contribution in [0.1, 0.15) is 16.1 Å². The molecule has 25 heavy (non-hydrogen) atoms. The molecular weight excluding hydrogens is 361 g/mol. The quantitative estimate of drug-likeness (QED) is 0.624. The molecule has 1 amide bonds. The van der Waals surface area contributed by atoms with Crippen molar-refractivity contribution in [2.75, 3.05) is 12.4 Å². The van der Waals surface area contributed by atoms with Crippen molar-refractivity contribution < 1.29 is 13.9 Å². The fourth-order valence-corrected chi connectivity index (χ4v) is 2.70. The van der Waals surface area contributed by atoms with Crippen LogP contribution in [-0.4, -0.2) is 13.0 Å². The largest absolute Gasteiger partial charge is 0.497 e. The van der Waals surface area contributed by atoms with Gasteiger partial charge in [0.25, 0.3) is 5.91 Å². The Labute approximate surface area is 155 Å². The van der Waals surface area contributed by atoms with E-state index in [9.17, 15) is 4.79 Å². The van der Waals surface area contributed by atoms with E-state index in [1.807, 2.05) is 0 Å². The van der Waals surface area contributed by atoms with E-state index in [4.69, 9.17) is 32.4 Å². The molecule has 0 aliphatic heterocycles. The molecule has 128 valence electrons. The van der Waals surface area contributed by atoms with E-state index in [0.29, 0.717) is 38.6 Å². The molecule has 2 aromatic carbocycles. The number of furan rings is 1. The zero-order valence-electron chi connectivity index (χ0n) is 13.6. The van der Waals surface area contributed by atoms with Gasteiger partial charge >= 0.3 is 0 Å². The summed E-state index contributed by atoms with van der Waals surface area (Å²) in [6, 6.07) is 14.0. The fraction of sp³-hybridized carbons (Fsp3) is 0.105. The molecular formula is C19H15Cl2NO3. The molecule has 0 radical (unpaired) electrons. The van der Waals surface area contributed by atoms with Crippen molar-refractivity contribution in [3.8, 4) is 17.1 Å². The Morgan fingerprint density at radius 2 is 1.88 bits per heavy atom. The summed E-state index contributed by atoms with van der Waals surface area (Å²) in [6.45, 7) is 1.74. The Hall–Kier alpha value is -2.43. The van der Waals surface area contributed by atoms with Gasteiger partial charge in [-0.1, -0.05) is 29.3 Å². The molecule has 0 bridgehead atoms. The van der Waals surface area contributed by atoms with Crippen LogP contribution in [-0.2, 0) is 0 Å². The summed E-state index contributed by atoms with van der Waals surface area (Å²) >= 11 is 12.0. The average Bonchev–Trinajstić information content (AvgIpc) is 2.99. The van der Waals surface area contributed by atoms with Gasteiger partial charge < -0.3 is 14.5 Å². The van der Waals surface area contributed by atoms with Gasteiger partial charge in [-0.3, -0.25) is 4.79 Å². The average molecular weight is 376 g/mol. The Balaban J connectivity index is 1.86. The Morgan fingerprint density at radius 1 is 1.08 bits per heavy atom. The molecule has 1 N–H and O–H groups in total. The number of aryl methyl sites for hydroxylation is 1. The van der Waals surface area contributed by atoms with Crippen LogP contribution in [0, 0.1) is 6.92 Å². The number of rotatable bonds is 4. The van der Waals surface area contributed by atoms with E-state index in [1.165, 1.54) is 0 Å². The predicted molar refractivity (Wildman–Crippen MR) is 99.8 cm³/mol. The first-order chi connectivity index (χ1) is 12.0. The Bertz CT molecular complexity index is 934. The van der Waals surface area contributed by atoms with Crippen LogP contribution in [0.15, 0.2) is 52.9 Å². The lowest BCUT2D eigenvalue weighted by Crippen LogP contribution is -2.12. The third-order valence-electron chi connectivity index (χ3n) is 3.69. The molecule has 0 atom stereocenters. The van der Waals surface area contributed by atoms with Crippen LogP contribution < -0.4 is 10.1 Å². The highest BCUT2D eigenvalue weighted by molar-refractivity contribution is 6.42. The number of ether oxygens (including phenoxy) is 1. The highest BCUT2D eigenvalue weighted by Crippen LogP contribution is 2.31. The molecule has 0 aliphatic rings. The lowest BCUT2D eigenvalue weighted by molar-refractivity contribution is 0.102. The molecule has 0 unspecified atom stereocenters. The van der Waals surface area contributed by atoms with Gasteiger partial charge in [0.2, 0.25) is 0 Å². The number of amides is 1. The molecule has 0 fully saturated rings. The van der Waals surface area contributed by atoms with Crippen LogP contribution in [0.25, 0.3) is 11.3 Å². The predicted octanol–water partition coefficient (Wildman–Crippen LogP) is 5.82. The van der Waals surface area contributed by atoms with Crippen LogP contribution in [0.2, 0.25) is 10.0 Å². The number of halogens is 2. The maximum Gasteiger partial charge on any atom is 0.259 e. The SMILES string of the molecule is COc1cccc(NC(=O)c2cc(-c3ccc(Cl)c(Cl)c3)oc2C)c1. The summed E-state index contributed by atoms with van der Waals surface area (Å²) in [5, 5.41) is 3.72. The van der Waals surface area contributed by atoms with Crippen molar-refractivity contribution in [1.29, 1.82) is 0 Å². The van der Waals surface area contributed by atoms with Crippen molar-refractivity contribution in [3.63, 3.8) is 0 Å². The monoisotopic (exact) mass is 375 g/mol. The van der Waals surface area contributed by atoms with E-state index >= 15 is 0 Å². The van der Waals surface area contributed by atoms with Gasteiger partial charge in [0.05, 0.1) is 22.7 Å². The second-order valence-corrected chi connectivity index (χ2v) is 6.21. The topological polar surface area (TPSA) is 51.5 Å². The Kier molecular flexibility index (Phi) is 5.02. The van der Waals surface area contributed by atoms with Crippen LogP contribution in [0.3, 0.4) is 0 Å². The third-order valence-corrected chi connectivity index (χ3v) is 4.43. The van der Waals surface area contributed by atoms with E-state index in [-0.39, 0.29) is 5.91 Å². The van der Waals surface area contributed by atoms with Gasteiger partial charge in [0, 0.05) is 17.3 Å². The second-order valence-electron chi connectivity index (χ2n) is 5.40. The van der Waals surface area contributed by atoms with Crippen LogP contribution in [0.4, 0.5) is 5.69 Å². The lowest BCUT2D eigenvalue weighted by Gasteiger charge is -2.06. The highest BCUT2D eigenvalue weighted by atomic mass is 35.5. The van der Waals surface area contributed by atoms with Crippen molar-refractivity contribution in [2.24, 2.45) is 0 Å². The number of carbonyl (C=O) groups is 1. The van der Waals surface area contributed by atoms with E-state index in [2.05, 4.69) is 5.32 Å². The number of methoxy groups -OCH3 is 1. The summed E-state index contributed by atoms with van der Waals surface area (Å²) in [7, 11) is 1.57. The number of carbonyl (C=O) groups excluding carboxylic acids is 1. The second kappa shape index (κ2) is 7.21.